The zero-order valence-electron chi connectivity index (χ0n) is 16.8. The number of alkyl halides is 3. The van der Waals surface area contributed by atoms with E-state index >= 15 is 0 Å². The molecule has 0 unspecified atom stereocenters. The fourth-order valence-electron chi connectivity index (χ4n) is 4.35. The number of fused-ring (bicyclic) bond motifs is 1. The molecule has 5 nitrogen and oxygen atoms in total. The Labute approximate surface area is 179 Å². The molecule has 0 bridgehead atoms. The predicted octanol–water partition coefficient (Wildman–Crippen LogP) is 3.69. The van der Waals surface area contributed by atoms with E-state index in [1.54, 1.807) is 4.90 Å². The fraction of sp³-hybridized carbons (Fsp3) is 0.409. The monoisotopic (exact) mass is 452 g/mol. The van der Waals surface area contributed by atoms with Crippen LogP contribution in [0.4, 0.5) is 13.2 Å². The van der Waals surface area contributed by atoms with Crippen molar-refractivity contribution in [3.8, 4) is 0 Å². The van der Waals surface area contributed by atoms with Gasteiger partial charge in [-0.3, -0.25) is 4.79 Å². The molecular formula is C22H23F3N2O3S. The molecule has 9 heteroatoms. The average molecular weight is 452 g/mol. The van der Waals surface area contributed by atoms with E-state index < -0.39 is 26.7 Å². The third-order valence-electron chi connectivity index (χ3n) is 6.06. The molecule has 31 heavy (non-hydrogen) atoms. The maximum absolute atomic E-state index is 13.3. The van der Waals surface area contributed by atoms with Gasteiger partial charge in [0.05, 0.1) is 10.5 Å². The standard InChI is InChI=1S/C22H23F3N2O3S/c23-22(24,25)19-7-3-4-8-20(19)31(29,30)27-13-10-17(11-14-27)21(28)26-12-9-16-5-1-2-6-18(16)15-26/h1-8,17H,9-15H2. The quantitative estimate of drug-likeness (QED) is 0.714. The van der Waals surface area contributed by atoms with Gasteiger partial charge >= 0.3 is 6.18 Å². The van der Waals surface area contributed by atoms with Crippen molar-refractivity contribution >= 4 is 15.9 Å². The van der Waals surface area contributed by atoms with Crippen molar-refractivity contribution in [1.82, 2.24) is 9.21 Å². The van der Waals surface area contributed by atoms with E-state index in [2.05, 4.69) is 6.07 Å². The highest BCUT2D eigenvalue weighted by atomic mass is 32.2. The van der Waals surface area contributed by atoms with Gasteiger partial charge in [-0.25, -0.2) is 8.42 Å². The van der Waals surface area contributed by atoms with Crippen LogP contribution in [0.25, 0.3) is 0 Å². The lowest BCUT2D eigenvalue weighted by Gasteiger charge is -2.36. The molecule has 4 rings (SSSR count). The zero-order valence-corrected chi connectivity index (χ0v) is 17.6. The summed E-state index contributed by atoms with van der Waals surface area (Å²) in [7, 11) is -4.30. The maximum atomic E-state index is 13.3. The number of benzene rings is 2. The van der Waals surface area contributed by atoms with Crippen LogP contribution in [0.3, 0.4) is 0 Å². The van der Waals surface area contributed by atoms with Gasteiger partial charge < -0.3 is 4.90 Å². The lowest BCUT2D eigenvalue weighted by Crippen LogP contribution is -2.45. The maximum Gasteiger partial charge on any atom is 0.417 e. The third kappa shape index (κ3) is 4.34. The predicted molar refractivity (Wildman–Crippen MR) is 108 cm³/mol. The van der Waals surface area contributed by atoms with Gasteiger partial charge in [0, 0.05) is 32.1 Å². The molecule has 0 aliphatic carbocycles. The Morgan fingerprint density at radius 3 is 2.19 bits per heavy atom. The fourth-order valence-corrected chi connectivity index (χ4v) is 6.03. The molecule has 2 aliphatic heterocycles. The van der Waals surface area contributed by atoms with Crippen molar-refractivity contribution in [2.75, 3.05) is 19.6 Å². The lowest BCUT2D eigenvalue weighted by molar-refractivity contribution is -0.140. The number of carbonyl (C=O) groups is 1. The van der Waals surface area contributed by atoms with E-state index in [9.17, 15) is 26.4 Å². The van der Waals surface area contributed by atoms with Crippen LogP contribution in [-0.2, 0) is 34.0 Å². The van der Waals surface area contributed by atoms with Crippen LogP contribution in [0.1, 0.15) is 29.5 Å². The first-order valence-electron chi connectivity index (χ1n) is 10.2. The molecule has 1 saturated heterocycles. The summed E-state index contributed by atoms with van der Waals surface area (Å²) >= 11 is 0. The summed E-state index contributed by atoms with van der Waals surface area (Å²) in [6.45, 7) is 1.20. The molecule has 0 spiro atoms. The van der Waals surface area contributed by atoms with Crippen molar-refractivity contribution in [3.63, 3.8) is 0 Å². The second kappa shape index (κ2) is 8.27. The van der Waals surface area contributed by atoms with E-state index in [1.807, 2.05) is 18.2 Å². The Balaban J connectivity index is 1.44. The molecule has 2 aromatic carbocycles. The number of piperidine rings is 1. The van der Waals surface area contributed by atoms with Gasteiger partial charge in [-0.15, -0.1) is 0 Å². The van der Waals surface area contributed by atoms with E-state index in [1.165, 1.54) is 17.7 Å². The minimum Gasteiger partial charge on any atom is -0.338 e. The van der Waals surface area contributed by atoms with Crippen molar-refractivity contribution < 1.29 is 26.4 Å². The topological polar surface area (TPSA) is 57.7 Å². The Hall–Kier alpha value is -2.39. The minimum absolute atomic E-state index is 0.0118. The van der Waals surface area contributed by atoms with Crippen LogP contribution in [0.15, 0.2) is 53.4 Å². The van der Waals surface area contributed by atoms with Crippen molar-refractivity contribution in [2.45, 2.75) is 36.9 Å². The van der Waals surface area contributed by atoms with Gasteiger partial charge in [0.2, 0.25) is 15.9 Å². The van der Waals surface area contributed by atoms with Crippen LogP contribution in [0.5, 0.6) is 0 Å². The molecule has 2 aliphatic rings. The van der Waals surface area contributed by atoms with E-state index in [0.717, 1.165) is 28.4 Å². The summed E-state index contributed by atoms with van der Waals surface area (Å²) in [5.74, 6) is -0.336. The molecule has 0 N–H and O–H groups in total. The molecule has 1 fully saturated rings. The van der Waals surface area contributed by atoms with E-state index in [0.29, 0.717) is 25.9 Å². The smallest absolute Gasteiger partial charge is 0.338 e. The summed E-state index contributed by atoms with van der Waals surface area (Å²) in [5, 5.41) is 0. The first kappa shape index (κ1) is 21.8. The highest BCUT2D eigenvalue weighted by Crippen LogP contribution is 2.36. The van der Waals surface area contributed by atoms with Crippen LogP contribution >= 0.6 is 0 Å². The average Bonchev–Trinajstić information content (AvgIpc) is 2.78. The SMILES string of the molecule is O=C(C1CCN(S(=O)(=O)c2ccccc2C(F)(F)F)CC1)N1CCc2ccccc2C1. The molecule has 166 valence electrons. The van der Waals surface area contributed by atoms with Crippen molar-refractivity contribution in [2.24, 2.45) is 5.92 Å². The van der Waals surface area contributed by atoms with Gasteiger partial charge in [-0.1, -0.05) is 36.4 Å². The summed E-state index contributed by atoms with van der Waals surface area (Å²) in [6.07, 6.45) is -3.39. The molecule has 0 radical (unpaired) electrons. The number of halogens is 3. The number of nitrogens with zero attached hydrogens (tertiary/aromatic N) is 2. The first-order valence-corrected chi connectivity index (χ1v) is 11.6. The third-order valence-corrected chi connectivity index (χ3v) is 8.01. The first-order chi connectivity index (χ1) is 14.7. The highest BCUT2D eigenvalue weighted by molar-refractivity contribution is 7.89. The second-order valence-electron chi connectivity index (χ2n) is 7.95. The van der Waals surface area contributed by atoms with Crippen molar-refractivity contribution in [1.29, 1.82) is 0 Å². The van der Waals surface area contributed by atoms with Gasteiger partial charge in [0.15, 0.2) is 0 Å². The summed E-state index contributed by atoms with van der Waals surface area (Å²) in [5.41, 5.74) is 1.18. The minimum atomic E-state index is -4.76. The zero-order chi connectivity index (χ0) is 22.2. The van der Waals surface area contributed by atoms with Crippen molar-refractivity contribution in [3.05, 3.63) is 65.2 Å². The van der Waals surface area contributed by atoms with Crippen LogP contribution in [0.2, 0.25) is 0 Å². The summed E-state index contributed by atoms with van der Waals surface area (Å²) in [4.78, 5) is 14.0. The highest BCUT2D eigenvalue weighted by Gasteiger charge is 2.40. The van der Waals surface area contributed by atoms with Gasteiger partial charge in [-0.2, -0.15) is 17.5 Å². The van der Waals surface area contributed by atoms with Crippen LogP contribution < -0.4 is 0 Å². The Morgan fingerprint density at radius 2 is 1.52 bits per heavy atom. The van der Waals surface area contributed by atoms with E-state index in [4.69, 9.17) is 0 Å². The molecule has 2 heterocycles. The van der Waals surface area contributed by atoms with Crippen LogP contribution in [0, 0.1) is 5.92 Å². The van der Waals surface area contributed by atoms with Gasteiger partial charge in [0.1, 0.15) is 0 Å². The van der Waals surface area contributed by atoms with Crippen LogP contribution in [-0.4, -0.2) is 43.2 Å². The molecule has 1 amide bonds. The van der Waals surface area contributed by atoms with Gasteiger partial charge in [-0.05, 0) is 42.5 Å². The Kier molecular flexibility index (Phi) is 5.83. The summed E-state index contributed by atoms with van der Waals surface area (Å²) < 4.78 is 66.7. The molecular weight excluding hydrogens is 429 g/mol. The Morgan fingerprint density at radius 1 is 0.903 bits per heavy atom. The molecule has 0 atom stereocenters. The van der Waals surface area contributed by atoms with E-state index in [-0.39, 0.29) is 24.9 Å². The number of carbonyl (C=O) groups excluding carboxylic acids is 1. The summed E-state index contributed by atoms with van der Waals surface area (Å²) in [6, 6.07) is 12.2. The molecule has 0 saturated carbocycles. The number of hydrogen-bond acceptors (Lipinski definition) is 3. The second-order valence-corrected chi connectivity index (χ2v) is 9.86. The number of sulfonamides is 1. The lowest BCUT2D eigenvalue weighted by atomic mass is 9.94. The van der Waals surface area contributed by atoms with Gasteiger partial charge in [0.25, 0.3) is 0 Å². The molecule has 2 aromatic rings. The normalized spacial score (nSPS) is 18.6. The number of amides is 1. The number of hydrogen-bond donors (Lipinski definition) is 0. The largest absolute Gasteiger partial charge is 0.417 e. The molecule has 0 aromatic heterocycles. The Bertz CT molecular complexity index is 1080. The number of rotatable bonds is 3.